The molecule has 0 saturated heterocycles. The van der Waals surface area contributed by atoms with Crippen LogP contribution in [0.2, 0.25) is 0 Å². The fraction of sp³-hybridized carbons (Fsp3) is 0.143. The Bertz CT molecular complexity index is 1130. The maximum Gasteiger partial charge on any atom is 0.261 e. The molecule has 8 heteroatoms. The van der Waals surface area contributed by atoms with Gasteiger partial charge in [-0.3, -0.25) is 9.52 Å². The first-order valence-electron chi connectivity index (χ1n) is 8.80. The van der Waals surface area contributed by atoms with Gasteiger partial charge in [0.05, 0.1) is 23.9 Å². The third-order valence-corrected chi connectivity index (χ3v) is 5.79. The third-order valence-electron chi connectivity index (χ3n) is 4.39. The summed E-state index contributed by atoms with van der Waals surface area (Å²) in [7, 11) is -2.25. The number of benzene rings is 2. The molecule has 0 bridgehead atoms. The van der Waals surface area contributed by atoms with Crippen molar-refractivity contribution >= 4 is 27.3 Å². The SMILES string of the molecule is COc1ccc(NC(=O)c2ccc(S(=O)(=O)Nc3ccc(C)c(C)c3)cc2)cn1. The lowest BCUT2D eigenvalue weighted by Crippen LogP contribution is -2.15. The first kappa shape index (κ1) is 20.3. The Balaban J connectivity index is 1.72. The van der Waals surface area contributed by atoms with E-state index in [2.05, 4.69) is 15.0 Å². The molecular weight excluding hydrogens is 390 g/mol. The smallest absolute Gasteiger partial charge is 0.261 e. The molecule has 0 atom stereocenters. The molecule has 0 unspecified atom stereocenters. The van der Waals surface area contributed by atoms with Crippen LogP contribution in [0.4, 0.5) is 11.4 Å². The molecule has 0 spiro atoms. The van der Waals surface area contributed by atoms with Crippen molar-refractivity contribution in [2.24, 2.45) is 0 Å². The Morgan fingerprint density at radius 2 is 1.62 bits per heavy atom. The molecule has 3 aromatic rings. The van der Waals surface area contributed by atoms with Crippen LogP contribution < -0.4 is 14.8 Å². The number of ether oxygens (including phenoxy) is 1. The minimum Gasteiger partial charge on any atom is -0.481 e. The monoisotopic (exact) mass is 411 g/mol. The lowest BCUT2D eigenvalue weighted by molar-refractivity contribution is 0.102. The molecule has 1 amide bonds. The van der Waals surface area contributed by atoms with Gasteiger partial charge in [-0.2, -0.15) is 0 Å². The van der Waals surface area contributed by atoms with Crippen molar-refractivity contribution in [3.8, 4) is 5.88 Å². The molecule has 2 aromatic carbocycles. The lowest BCUT2D eigenvalue weighted by atomic mass is 10.1. The van der Waals surface area contributed by atoms with Gasteiger partial charge in [0.25, 0.3) is 15.9 Å². The summed E-state index contributed by atoms with van der Waals surface area (Å²) in [5.41, 5.74) is 3.39. The zero-order chi connectivity index (χ0) is 21.0. The largest absolute Gasteiger partial charge is 0.481 e. The van der Waals surface area contributed by atoms with Gasteiger partial charge in [0, 0.05) is 17.3 Å². The van der Waals surface area contributed by atoms with Crippen LogP contribution in [-0.4, -0.2) is 26.4 Å². The van der Waals surface area contributed by atoms with Crippen LogP contribution in [0, 0.1) is 13.8 Å². The number of rotatable bonds is 6. The minimum atomic E-state index is -3.76. The van der Waals surface area contributed by atoms with Crippen LogP contribution in [0.1, 0.15) is 21.5 Å². The van der Waals surface area contributed by atoms with Crippen molar-refractivity contribution in [3.05, 3.63) is 77.5 Å². The summed E-state index contributed by atoms with van der Waals surface area (Å²) in [5, 5.41) is 2.70. The standard InChI is InChI=1S/C21H21N3O4S/c1-14-4-7-17(12-15(14)2)24-29(26,27)19-9-5-16(6-10-19)21(25)23-18-8-11-20(28-3)22-13-18/h4-13,24H,1-3H3,(H,23,25). The van der Waals surface area contributed by atoms with E-state index in [0.717, 1.165) is 11.1 Å². The number of carbonyl (C=O) groups excluding carboxylic acids is 1. The van der Waals surface area contributed by atoms with Crippen LogP contribution in [0.15, 0.2) is 65.7 Å². The Morgan fingerprint density at radius 1 is 0.931 bits per heavy atom. The van der Waals surface area contributed by atoms with Gasteiger partial charge in [-0.25, -0.2) is 13.4 Å². The average Bonchev–Trinajstić information content (AvgIpc) is 2.71. The number of amides is 1. The number of hydrogen-bond acceptors (Lipinski definition) is 5. The zero-order valence-corrected chi connectivity index (χ0v) is 17.1. The fourth-order valence-corrected chi connectivity index (χ4v) is 3.63. The quantitative estimate of drug-likeness (QED) is 0.644. The number of nitrogens with zero attached hydrogens (tertiary/aromatic N) is 1. The van der Waals surface area contributed by atoms with Crippen LogP contribution in [-0.2, 0) is 10.0 Å². The predicted molar refractivity (Wildman–Crippen MR) is 112 cm³/mol. The van der Waals surface area contributed by atoms with Crippen LogP contribution in [0.25, 0.3) is 0 Å². The number of hydrogen-bond donors (Lipinski definition) is 2. The molecule has 0 saturated carbocycles. The molecule has 2 N–H and O–H groups in total. The van der Waals surface area contributed by atoms with E-state index in [4.69, 9.17) is 4.74 Å². The molecule has 1 aromatic heterocycles. The number of aryl methyl sites for hydroxylation is 2. The molecule has 7 nitrogen and oxygen atoms in total. The predicted octanol–water partition coefficient (Wildman–Crippen LogP) is 3.76. The Hall–Kier alpha value is -3.39. The second-order valence-electron chi connectivity index (χ2n) is 6.47. The number of anilines is 2. The number of carbonyl (C=O) groups is 1. The Morgan fingerprint density at radius 3 is 2.21 bits per heavy atom. The summed E-state index contributed by atoms with van der Waals surface area (Å²) in [5.74, 6) is 0.0665. The maximum absolute atomic E-state index is 12.6. The van der Waals surface area contributed by atoms with E-state index < -0.39 is 10.0 Å². The second kappa shape index (κ2) is 8.32. The first-order valence-corrected chi connectivity index (χ1v) is 10.3. The maximum atomic E-state index is 12.6. The fourth-order valence-electron chi connectivity index (χ4n) is 2.58. The van der Waals surface area contributed by atoms with Crippen molar-refractivity contribution in [1.29, 1.82) is 0 Å². The van der Waals surface area contributed by atoms with E-state index in [-0.39, 0.29) is 10.8 Å². The van der Waals surface area contributed by atoms with Gasteiger partial charge in [0.2, 0.25) is 5.88 Å². The molecule has 29 heavy (non-hydrogen) atoms. The third kappa shape index (κ3) is 4.91. The molecule has 0 radical (unpaired) electrons. The highest BCUT2D eigenvalue weighted by atomic mass is 32.2. The normalized spacial score (nSPS) is 11.0. The highest BCUT2D eigenvalue weighted by Gasteiger charge is 2.16. The molecule has 0 aliphatic heterocycles. The number of pyridine rings is 1. The van der Waals surface area contributed by atoms with Gasteiger partial charge in [-0.05, 0) is 67.4 Å². The summed E-state index contributed by atoms with van der Waals surface area (Å²) in [6, 6.07) is 14.3. The molecule has 3 rings (SSSR count). The van der Waals surface area contributed by atoms with Crippen molar-refractivity contribution in [1.82, 2.24) is 4.98 Å². The highest BCUT2D eigenvalue weighted by Crippen LogP contribution is 2.20. The van der Waals surface area contributed by atoms with Crippen molar-refractivity contribution in [2.45, 2.75) is 18.7 Å². The minimum absolute atomic E-state index is 0.0680. The highest BCUT2D eigenvalue weighted by molar-refractivity contribution is 7.92. The van der Waals surface area contributed by atoms with Gasteiger partial charge < -0.3 is 10.1 Å². The summed E-state index contributed by atoms with van der Waals surface area (Å²) in [6.07, 6.45) is 1.48. The summed E-state index contributed by atoms with van der Waals surface area (Å²) in [6.45, 7) is 3.87. The van der Waals surface area contributed by atoms with E-state index in [9.17, 15) is 13.2 Å². The van der Waals surface area contributed by atoms with E-state index in [0.29, 0.717) is 22.8 Å². The molecule has 0 aliphatic carbocycles. The number of aromatic nitrogens is 1. The molecule has 0 fully saturated rings. The first-order chi connectivity index (χ1) is 13.8. The molecule has 1 heterocycles. The number of sulfonamides is 1. The lowest BCUT2D eigenvalue weighted by Gasteiger charge is -2.10. The summed E-state index contributed by atoms with van der Waals surface area (Å²) >= 11 is 0. The molecule has 150 valence electrons. The van der Waals surface area contributed by atoms with Crippen LogP contribution in [0.5, 0.6) is 5.88 Å². The Labute approximate surface area is 169 Å². The van der Waals surface area contributed by atoms with Crippen molar-refractivity contribution in [3.63, 3.8) is 0 Å². The van der Waals surface area contributed by atoms with E-state index in [1.54, 1.807) is 24.3 Å². The van der Waals surface area contributed by atoms with Gasteiger partial charge in [-0.15, -0.1) is 0 Å². The zero-order valence-electron chi connectivity index (χ0n) is 16.3. The van der Waals surface area contributed by atoms with Crippen LogP contribution >= 0.6 is 0 Å². The van der Waals surface area contributed by atoms with Crippen LogP contribution in [0.3, 0.4) is 0 Å². The number of methoxy groups -OCH3 is 1. The molecular formula is C21H21N3O4S. The molecule has 0 aliphatic rings. The Kier molecular flexibility index (Phi) is 5.84. The average molecular weight is 411 g/mol. The van der Waals surface area contributed by atoms with E-state index in [1.807, 2.05) is 19.9 Å². The van der Waals surface area contributed by atoms with Gasteiger partial charge >= 0.3 is 0 Å². The topological polar surface area (TPSA) is 97.4 Å². The van der Waals surface area contributed by atoms with Gasteiger partial charge in [-0.1, -0.05) is 6.07 Å². The van der Waals surface area contributed by atoms with Crippen molar-refractivity contribution in [2.75, 3.05) is 17.1 Å². The van der Waals surface area contributed by atoms with Gasteiger partial charge in [0.15, 0.2) is 0 Å². The summed E-state index contributed by atoms with van der Waals surface area (Å²) in [4.78, 5) is 16.4. The number of nitrogens with one attached hydrogen (secondary N) is 2. The summed E-state index contributed by atoms with van der Waals surface area (Å²) < 4.78 is 32.7. The van der Waals surface area contributed by atoms with Gasteiger partial charge in [0.1, 0.15) is 0 Å². The van der Waals surface area contributed by atoms with E-state index in [1.165, 1.54) is 37.6 Å². The second-order valence-corrected chi connectivity index (χ2v) is 8.15. The van der Waals surface area contributed by atoms with Crippen molar-refractivity contribution < 1.29 is 17.9 Å². The van der Waals surface area contributed by atoms with E-state index >= 15 is 0 Å².